The molecular formula is C16H25N3O2. The zero-order chi connectivity index (χ0) is 15.1. The van der Waals surface area contributed by atoms with Crippen molar-refractivity contribution in [1.29, 1.82) is 0 Å². The first-order chi connectivity index (χ1) is 10.2. The van der Waals surface area contributed by atoms with Crippen molar-refractivity contribution in [3.05, 3.63) is 24.3 Å². The third kappa shape index (κ3) is 5.36. The van der Waals surface area contributed by atoms with Crippen LogP contribution in [0.15, 0.2) is 24.3 Å². The molecule has 2 rings (SSSR count). The highest BCUT2D eigenvalue weighted by Gasteiger charge is 2.17. The summed E-state index contributed by atoms with van der Waals surface area (Å²) >= 11 is 0. The minimum absolute atomic E-state index is 0.0418. The van der Waals surface area contributed by atoms with E-state index in [1.54, 1.807) is 0 Å². The van der Waals surface area contributed by atoms with Crippen LogP contribution >= 0.6 is 0 Å². The second kappa shape index (κ2) is 8.00. The van der Waals surface area contributed by atoms with E-state index in [1.165, 1.54) is 12.8 Å². The molecule has 0 radical (unpaired) electrons. The van der Waals surface area contributed by atoms with E-state index in [1.807, 2.05) is 24.3 Å². The van der Waals surface area contributed by atoms with Crippen molar-refractivity contribution in [3.8, 4) is 5.75 Å². The third-order valence-electron chi connectivity index (χ3n) is 3.77. The molecule has 5 nitrogen and oxygen atoms in total. The number of hydrogen-bond acceptors (Lipinski definition) is 4. The van der Waals surface area contributed by atoms with Gasteiger partial charge in [0.2, 0.25) is 5.91 Å². The number of likely N-dealkylation sites (tertiary alicyclic amines) is 1. The van der Waals surface area contributed by atoms with Crippen molar-refractivity contribution in [1.82, 2.24) is 4.90 Å². The van der Waals surface area contributed by atoms with E-state index in [2.05, 4.69) is 17.1 Å². The summed E-state index contributed by atoms with van der Waals surface area (Å²) in [7, 11) is 0. The van der Waals surface area contributed by atoms with E-state index in [0.29, 0.717) is 19.7 Å². The van der Waals surface area contributed by atoms with Gasteiger partial charge in [0.05, 0.1) is 6.54 Å². The van der Waals surface area contributed by atoms with Crippen molar-refractivity contribution >= 4 is 11.6 Å². The van der Waals surface area contributed by atoms with E-state index in [0.717, 1.165) is 30.4 Å². The molecule has 1 aromatic rings. The van der Waals surface area contributed by atoms with Gasteiger partial charge in [-0.15, -0.1) is 0 Å². The molecule has 1 amide bonds. The predicted molar refractivity (Wildman–Crippen MR) is 84.5 cm³/mol. The van der Waals surface area contributed by atoms with Crippen LogP contribution in [-0.4, -0.2) is 43.6 Å². The second-order valence-electron chi connectivity index (χ2n) is 5.67. The Labute approximate surface area is 126 Å². The zero-order valence-corrected chi connectivity index (χ0v) is 12.7. The van der Waals surface area contributed by atoms with Crippen LogP contribution in [0, 0.1) is 5.92 Å². The molecule has 1 aromatic carbocycles. The average molecular weight is 291 g/mol. The number of rotatable bonds is 6. The van der Waals surface area contributed by atoms with Gasteiger partial charge in [-0.1, -0.05) is 6.92 Å². The normalized spacial score (nSPS) is 16.7. The van der Waals surface area contributed by atoms with Crippen molar-refractivity contribution in [2.75, 3.05) is 38.1 Å². The predicted octanol–water partition coefficient (Wildman–Crippen LogP) is 1.69. The Hall–Kier alpha value is -1.59. The number of carbonyl (C=O) groups is 1. The van der Waals surface area contributed by atoms with Gasteiger partial charge in [-0.2, -0.15) is 0 Å². The summed E-state index contributed by atoms with van der Waals surface area (Å²) < 4.78 is 5.40. The summed E-state index contributed by atoms with van der Waals surface area (Å²) in [6.45, 7) is 5.76. The molecule has 0 bridgehead atoms. The fourth-order valence-electron chi connectivity index (χ4n) is 2.44. The second-order valence-corrected chi connectivity index (χ2v) is 5.67. The van der Waals surface area contributed by atoms with Gasteiger partial charge in [0.25, 0.3) is 0 Å². The van der Waals surface area contributed by atoms with Gasteiger partial charge in [-0.25, -0.2) is 0 Å². The number of carbonyl (C=O) groups excluding carboxylic acids is 1. The maximum Gasteiger partial charge on any atom is 0.238 e. The fraction of sp³-hybridized carbons (Fsp3) is 0.562. The van der Waals surface area contributed by atoms with Gasteiger partial charge in [0, 0.05) is 12.2 Å². The number of benzene rings is 1. The Kier molecular flexibility index (Phi) is 6.02. The highest BCUT2D eigenvalue weighted by Crippen LogP contribution is 2.17. The molecule has 0 aliphatic carbocycles. The highest BCUT2D eigenvalue weighted by molar-refractivity contribution is 5.92. The number of anilines is 1. The number of nitrogens with two attached hydrogens (primary N) is 1. The number of piperidine rings is 1. The average Bonchev–Trinajstić information content (AvgIpc) is 2.49. The van der Waals surface area contributed by atoms with E-state index in [-0.39, 0.29) is 5.91 Å². The molecule has 0 spiro atoms. The monoisotopic (exact) mass is 291 g/mol. The number of ether oxygens (including phenoxy) is 1. The van der Waals surface area contributed by atoms with Crippen LogP contribution in [0.4, 0.5) is 5.69 Å². The number of amides is 1. The van der Waals surface area contributed by atoms with E-state index in [4.69, 9.17) is 10.5 Å². The Bertz CT molecular complexity index is 439. The lowest BCUT2D eigenvalue weighted by Gasteiger charge is -2.29. The molecule has 0 atom stereocenters. The molecule has 0 aromatic heterocycles. The van der Waals surface area contributed by atoms with Gasteiger partial charge >= 0.3 is 0 Å². The Morgan fingerprint density at radius 1 is 1.33 bits per heavy atom. The van der Waals surface area contributed by atoms with Crippen LogP contribution in [-0.2, 0) is 4.79 Å². The molecule has 0 saturated carbocycles. The molecule has 21 heavy (non-hydrogen) atoms. The summed E-state index contributed by atoms with van der Waals surface area (Å²) in [6.07, 6.45) is 2.36. The molecule has 5 heteroatoms. The number of nitrogens with zero attached hydrogens (tertiary/aromatic N) is 1. The first kappa shape index (κ1) is 15.8. The maximum absolute atomic E-state index is 12.0. The van der Waals surface area contributed by atoms with Gasteiger partial charge in [-0.3, -0.25) is 9.69 Å². The van der Waals surface area contributed by atoms with Gasteiger partial charge < -0.3 is 15.8 Å². The van der Waals surface area contributed by atoms with Crippen LogP contribution in [0.25, 0.3) is 0 Å². The highest BCUT2D eigenvalue weighted by atomic mass is 16.5. The molecule has 0 unspecified atom stereocenters. The summed E-state index contributed by atoms with van der Waals surface area (Å²) in [6, 6.07) is 7.38. The van der Waals surface area contributed by atoms with Crippen molar-refractivity contribution in [2.45, 2.75) is 19.8 Å². The lowest BCUT2D eigenvalue weighted by atomic mass is 9.99. The van der Waals surface area contributed by atoms with Gasteiger partial charge in [0.1, 0.15) is 12.4 Å². The molecule has 3 N–H and O–H groups in total. The molecule has 1 aliphatic rings. The minimum atomic E-state index is 0.0418. The Balaban J connectivity index is 1.77. The number of nitrogens with one attached hydrogen (secondary N) is 1. The van der Waals surface area contributed by atoms with Gasteiger partial charge in [-0.05, 0) is 56.1 Å². The third-order valence-corrected chi connectivity index (χ3v) is 3.77. The zero-order valence-electron chi connectivity index (χ0n) is 12.7. The first-order valence-corrected chi connectivity index (χ1v) is 7.62. The fourth-order valence-corrected chi connectivity index (χ4v) is 2.44. The lowest BCUT2D eigenvalue weighted by molar-refractivity contribution is -0.117. The standard InChI is InChI=1S/C16H25N3O2/c1-13-6-9-19(10-7-13)12-16(20)18-14-2-4-15(5-3-14)21-11-8-17/h2-5,13H,6-12,17H2,1H3,(H,18,20). The minimum Gasteiger partial charge on any atom is -0.492 e. The largest absolute Gasteiger partial charge is 0.492 e. The molecule has 1 saturated heterocycles. The summed E-state index contributed by atoms with van der Waals surface area (Å²) in [5.74, 6) is 1.59. The molecule has 1 heterocycles. The van der Waals surface area contributed by atoms with Crippen LogP contribution in [0.2, 0.25) is 0 Å². The van der Waals surface area contributed by atoms with Crippen LogP contribution in [0.3, 0.4) is 0 Å². The topological polar surface area (TPSA) is 67.6 Å². The molecule has 116 valence electrons. The van der Waals surface area contributed by atoms with Gasteiger partial charge in [0.15, 0.2) is 0 Å². The first-order valence-electron chi connectivity index (χ1n) is 7.62. The SMILES string of the molecule is CC1CCN(CC(=O)Nc2ccc(OCCN)cc2)CC1. The summed E-state index contributed by atoms with van der Waals surface area (Å²) in [5.41, 5.74) is 6.18. The van der Waals surface area contributed by atoms with Crippen LogP contribution < -0.4 is 15.8 Å². The molecule has 1 fully saturated rings. The molecular weight excluding hydrogens is 266 g/mol. The summed E-state index contributed by atoms with van der Waals surface area (Å²) in [4.78, 5) is 14.2. The Morgan fingerprint density at radius 3 is 2.62 bits per heavy atom. The Morgan fingerprint density at radius 2 is 2.00 bits per heavy atom. The van der Waals surface area contributed by atoms with Crippen molar-refractivity contribution in [2.24, 2.45) is 11.7 Å². The van der Waals surface area contributed by atoms with E-state index < -0.39 is 0 Å². The van der Waals surface area contributed by atoms with Crippen molar-refractivity contribution < 1.29 is 9.53 Å². The smallest absolute Gasteiger partial charge is 0.238 e. The number of hydrogen-bond donors (Lipinski definition) is 2. The summed E-state index contributed by atoms with van der Waals surface area (Å²) in [5, 5.41) is 2.92. The van der Waals surface area contributed by atoms with E-state index in [9.17, 15) is 4.79 Å². The van der Waals surface area contributed by atoms with Crippen LogP contribution in [0.5, 0.6) is 5.75 Å². The van der Waals surface area contributed by atoms with E-state index >= 15 is 0 Å². The maximum atomic E-state index is 12.0. The van der Waals surface area contributed by atoms with Crippen LogP contribution in [0.1, 0.15) is 19.8 Å². The van der Waals surface area contributed by atoms with Crippen molar-refractivity contribution in [3.63, 3.8) is 0 Å². The molecule has 1 aliphatic heterocycles. The quantitative estimate of drug-likeness (QED) is 0.837. The lowest BCUT2D eigenvalue weighted by Crippen LogP contribution is -2.38.